The van der Waals surface area contributed by atoms with Crippen LogP contribution in [0.3, 0.4) is 0 Å². The zero-order valence-electron chi connectivity index (χ0n) is 16.6. The number of anilines is 1. The first-order valence-corrected chi connectivity index (χ1v) is 9.63. The molecule has 6 nitrogen and oxygen atoms in total. The topological polar surface area (TPSA) is 78.5 Å². The number of carbonyl (C=O) groups excluding carboxylic acids is 3. The molecule has 2 aromatic carbocycles. The molecule has 1 saturated heterocycles. The Labute approximate surface area is 182 Å². The normalized spacial score (nSPS) is 20.2. The predicted molar refractivity (Wildman–Crippen MR) is 102 cm³/mol. The van der Waals surface area contributed by atoms with Crippen molar-refractivity contribution < 1.29 is 40.7 Å². The smallest absolute Gasteiger partial charge is 0.325 e. The number of nitrogens with zero attached hydrogens (tertiary/aromatic N) is 1. The van der Waals surface area contributed by atoms with Gasteiger partial charge in [0.05, 0.1) is 11.1 Å². The van der Waals surface area contributed by atoms with Gasteiger partial charge in [0.1, 0.15) is 12.1 Å². The summed E-state index contributed by atoms with van der Waals surface area (Å²) in [6, 6.07) is 6.65. The summed E-state index contributed by atoms with van der Waals surface area (Å²) in [5, 5.41) is 4.49. The van der Waals surface area contributed by atoms with Crippen LogP contribution < -0.4 is 10.6 Å². The third kappa shape index (κ3) is 4.00. The standard InChI is InChI=1S/C21H15F6N3O3/c22-20(23,24)12-7-13(21(25,26)27)9-14(8-12)28-16(31)10-30-17(32)19(29-18(30)33)6-5-11-3-1-2-4-15(11)19/h1-4,7-9H,5-6,10H2,(H,28,31)(H,29,33). The molecule has 1 aliphatic heterocycles. The number of halogens is 6. The van der Waals surface area contributed by atoms with Crippen LogP contribution in [-0.4, -0.2) is 29.3 Å². The summed E-state index contributed by atoms with van der Waals surface area (Å²) in [6.07, 6.45) is -9.41. The van der Waals surface area contributed by atoms with Crippen LogP contribution in [0.2, 0.25) is 0 Å². The van der Waals surface area contributed by atoms with Gasteiger partial charge in [-0.1, -0.05) is 24.3 Å². The number of hydrogen-bond donors (Lipinski definition) is 2. The van der Waals surface area contributed by atoms with Crippen molar-refractivity contribution in [3.8, 4) is 0 Å². The number of nitrogens with one attached hydrogen (secondary N) is 2. The van der Waals surface area contributed by atoms with Crippen LogP contribution in [0.25, 0.3) is 0 Å². The molecule has 0 saturated carbocycles. The van der Waals surface area contributed by atoms with Gasteiger partial charge in [-0.2, -0.15) is 26.3 Å². The van der Waals surface area contributed by atoms with Gasteiger partial charge in [-0.3, -0.25) is 14.5 Å². The second kappa shape index (κ2) is 7.49. The van der Waals surface area contributed by atoms with Gasteiger partial charge in [-0.05, 0) is 42.2 Å². The number of urea groups is 1. The molecule has 1 spiro atoms. The largest absolute Gasteiger partial charge is 0.416 e. The first-order chi connectivity index (χ1) is 15.3. The number of carbonyl (C=O) groups is 3. The Morgan fingerprint density at radius 3 is 2.21 bits per heavy atom. The van der Waals surface area contributed by atoms with E-state index in [1.165, 1.54) is 0 Å². The van der Waals surface area contributed by atoms with Gasteiger partial charge >= 0.3 is 18.4 Å². The van der Waals surface area contributed by atoms with Crippen molar-refractivity contribution >= 4 is 23.5 Å². The fourth-order valence-corrected chi connectivity index (χ4v) is 4.10. The Morgan fingerprint density at radius 1 is 1.00 bits per heavy atom. The Bertz CT molecular complexity index is 1130. The summed E-state index contributed by atoms with van der Waals surface area (Å²) in [5.74, 6) is -1.85. The maximum absolute atomic E-state index is 13.0. The Kier molecular flexibility index (Phi) is 5.14. The molecule has 1 aliphatic carbocycles. The lowest BCUT2D eigenvalue weighted by Gasteiger charge is -2.22. The molecule has 2 N–H and O–H groups in total. The molecular formula is C21H15F6N3O3. The number of alkyl halides is 6. The Morgan fingerprint density at radius 2 is 1.61 bits per heavy atom. The minimum atomic E-state index is -5.09. The van der Waals surface area contributed by atoms with Gasteiger partial charge in [0, 0.05) is 5.69 Å². The average molecular weight is 471 g/mol. The third-order valence-corrected chi connectivity index (χ3v) is 5.60. The summed E-state index contributed by atoms with van der Waals surface area (Å²) < 4.78 is 78.0. The van der Waals surface area contributed by atoms with E-state index in [-0.39, 0.29) is 12.5 Å². The van der Waals surface area contributed by atoms with Gasteiger partial charge < -0.3 is 10.6 Å². The summed E-state index contributed by atoms with van der Waals surface area (Å²) in [6.45, 7) is -0.883. The van der Waals surface area contributed by atoms with E-state index in [9.17, 15) is 40.7 Å². The highest BCUT2D eigenvalue weighted by Crippen LogP contribution is 2.41. The molecule has 4 amide bonds. The maximum atomic E-state index is 13.0. The van der Waals surface area contributed by atoms with Crippen molar-refractivity contribution in [3.63, 3.8) is 0 Å². The van der Waals surface area contributed by atoms with Gasteiger partial charge in [0.2, 0.25) is 5.91 Å². The lowest BCUT2D eigenvalue weighted by Crippen LogP contribution is -2.43. The molecule has 33 heavy (non-hydrogen) atoms. The molecule has 12 heteroatoms. The van der Waals surface area contributed by atoms with Crippen molar-refractivity contribution in [1.29, 1.82) is 0 Å². The van der Waals surface area contributed by atoms with E-state index in [2.05, 4.69) is 5.32 Å². The van der Waals surface area contributed by atoms with Gasteiger partial charge in [-0.25, -0.2) is 4.79 Å². The van der Waals surface area contributed by atoms with Crippen LogP contribution in [0, 0.1) is 0 Å². The minimum Gasteiger partial charge on any atom is -0.325 e. The van der Waals surface area contributed by atoms with Crippen LogP contribution in [-0.2, 0) is 33.9 Å². The van der Waals surface area contributed by atoms with Gasteiger partial charge in [0.25, 0.3) is 5.91 Å². The van der Waals surface area contributed by atoms with Crippen LogP contribution >= 0.6 is 0 Å². The molecule has 0 aromatic heterocycles. The summed E-state index contributed by atoms with van der Waals surface area (Å²) in [7, 11) is 0. The maximum Gasteiger partial charge on any atom is 0.416 e. The molecule has 1 unspecified atom stereocenters. The van der Waals surface area contributed by atoms with Gasteiger partial charge in [0.15, 0.2) is 0 Å². The van der Waals surface area contributed by atoms with Crippen molar-refractivity contribution in [3.05, 3.63) is 64.7 Å². The zero-order chi connectivity index (χ0) is 24.2. The number of imide groups is 1. The molecule has 1 atom stereocenters. The average Bonchev–Trinajstić information content (AvgIpc) is 3.20. The fraction of sp³-hybridized carbons (Fsp3) is 0.286. The van der Waals surface area contributed by atoms with Crippen LogP contribution in [0.4, 0.5) is 36.8 Å². The first-order valence-electron chi connectivity index (χ1n) is 9.63. The predicted octanol–water partition coefficient (Wildman–Crippen LogP) is 4.06. The fourth-order valence-electron chi connectivity index (χ4n) is 4.10. The monoisotopic (exact) mass is 471 g/mol. The van der Waals surface area contributed by atoms with Crippen LogP contribution in [0.5, 0.6) is 0 Å². The molecule has 174 valence electrons. The number of aryl methyl sites for hydroxylation is 1. The van der Waals surface area contributed by atoms with Crippen molar-refractivity contribution in [2.75, 3.05) is 11.9 Å². The molecular weight excluding hydrogens is 456 g/mol. The van der Waals surface area contributed by atoms with Crippen molar-refractivity contribution in [1.82, 2.24) is 10.2 Å². The summed E-state index contributed by atoms with van der Waals surface area (Å²) in [5.41, 5.74) is -3.91. The lowest BCUT2D eigenvalue weighted by molar-refractivity contribution is -0.143. The van der Waals surface area contributed by atoms with E-state index < -0.39 is 59.1 Å². The molecule has 4 rings (SSSR count). The third-order valence-electron chi connectivity index (χ3n) is 5.60. The van der Waals surface area contributed by atoms with Gasteiger partial charge in [-0.15, -0.1) is 0 Å². The first kappa shape index (κ1) is 22.6. The van der Waals surface area contributed by atoms with Crippen molar-refractivity contribution in [2.24, 2.45) is 0 Å². The van der Waals surface area contributed by atoms with E-state index in [1.807, 2.05) is 5.32 Å². The summed E-state index contributed by atoms with van der Waals surface area (Å²) >= 11 is 0. The molecule has 2 aromatic rings. The second-order valence-electron chi connectivity index (χ2n) is 7.73. The summed E-state index contributed by atoms with van der Waals surface area (Å²) in [4.78, 5) is 38.4. The van der Waals surface area contributed by atoms with Crippen molar-refractivity contribution in [2.45, 2.75) is 30.7 Å². The van der Waals surface area contributed by atoms with E-state index >= 15 is 0 Å². The molecule has 0 radical (unpaired) electrons. The Balaban J connectivity index is 1.55. The van der Waals surface area contributed by atoms with E-state index in [0.717, 1.165) is 5.56 Å². The number of hydrogen-bond acceptors (Lipinski definition) is 3. The van der Waals surface area contributed by atoms with Crippen LogP contribution in [0.1, 0.15) is 28.7 Å². The Hall–Kier alpha value is -3.57. The molecule has 1 fully saturated rings. The SMILES string of the molecule is O=C(CN1C(=O)NC2(CCc3ccccc32)C1=O)Nc1cc(C(F)(F)F)cc(C(F)(F)F)c1. The number of benzene rings is 2. The second-order valence-corrected chi connectivity index (χ2v) is 7.73. The molecule has 0 bridgehead atoms. The number of amides is 4. The highest BCUT2D eigenvalue weighted by molar-refractivity contribution is 6.10. The van der Waals surface area contributed by atoms with E-state index in [0.29, 0.717) is 29.0 Å². The number of fused-ring (bicyclic) bond motifs is 2. The molecule has 2 aliphatic rings. The highest BCUT2D eigenvalue weighted by Gasteiger charge is 2.55. The zero-order valence-corrected chi connectivity index (χ0v) is 16.6. The quantitative estimate of drug-likeness (QED) is 0.524. The number of rotatable bonds is 3. The van der Waals surface area contributed by atoms with E-state index in [4.69, 9.17) is 0 Å². The minimum absolute atomic E-state index is 0.0750. The van der Waals surface area contributed by atoms with E-state index in [1.54, 1.807) is 24.3 Å². The van der Waals surface area contributed by atoms with Crippen LogP contribution in [0.15, 0.2) is 42.5 Å². The lowest BCUT2D eigenvalue weighted by atomic mass is 9.92. The highest BCUT2D eigenvalue weighted by atomic mass is 19.4. The molecule has 1 heterocycles.